The van der Waals surface area contributed by atoms with Gasteiger partial charge in [0.1, 0.15) is 18.7 Å². The molecule has 7 heteroatoms. The van der Waals surface area contributed by atoms with Crippen molar-refractivity contribution in [1.82, 2.24) is 9.88 Å². The lowest BCUT2D eigenvalue weighted by Crippen LogP contribution is -2.20. The molecule has 0 saturated heterocycles. The van der Waals surface area contributed by atoms with E-state index in [1.807, 2.05) is 41.1 Å². The Hall–Kier alpha value is -2.25. The summed E-state index contributed by atoms with van der Waals surface area (Å²) < 4.78 is 26.9. The molecule has 1 N–H and O–H groups in total. The molecule has 0 amide bonds. The summed E-state index contributed by atoms with van der Waals surface area (Å²) in [5.74, 6) is -0.248. The molecule has 160 valence electrons. The number of carbonyl (C=O) groups excluding carboxylic acids is 1. The third-order valence-electron chi connectivity index (χ3n) is 4.71. The summed E-state index contributed by atoms with van der Waals surface area (Å²) >= 11 is 5.95. The number of ether oxygens (including phenoxy) is 2. The maximum atomic E-state index is 14.2. The van der Waals surface area contributed by atoms with Crippen LogP contribution in [0.3, 0.4) is 0 Å². The summed E-state index contributed by atoms with van der Waals surface area (Å²) in [6, 6.07) is 12.8. The SMILES string of the molecule is O=CCOCCCOCCNCc1cc(F)cc2c1ccn2Cc1ccc(Cl)cc1. The summed E-state index contributed by atoms with van der Waals surface area (Å²) in [4.78, 5) is 10.1. The zero-order valence-corrected chi connectivity index (χ0v) is 17.5. The molecule has 3 aromatic rings. The summed E-state index contributed by atoms with van der Waals surface area (Å²) in [5, 5.41) is 5.04. The number of fused-ring (bicyclic) bond motifs is 1. The average molecular weight is 433 g/mol. The van der Waals surface area contributed by atoms with Gasteiger partial charge in [-0.1, -0.05) is 23.7 Å². The first-order valence-corrected chi connectivity index (χ1v) is 10.4. The lowest BCUT2D eigenvalue weighted by atomic mass is 10.1. The van der Waals surface area contributed by atoms with Crippen molar-refractivity contribution in [2.75, 3.05) is 33.0 Å². The van der Waals surface area contributed by atoms with Gasteiger partial charge in [-0.25, -0.2) is 4.39 Å². The summed E-state index contributed by atoms with van der Waals surface area (Å²) in [6.07, 6.45) is 3.47. The van der Waals surface area contributed by atoms with Crippen LogP contribution in [-0.4, -0.2) is 43.8 Å². The Balaban J connectivity index is 1.51. The molecule has 1 heterocycles. The molecule has 0 unspecified atom stereocenters. The van der Waals surface area contributed by atoms with Crippen LogP contribution in [0.2, 0.25) is 5.02 Å². The van der Waals surface area contributed by atoms with Crippen LogP contribution in [0.25, 0.3) is 10.9 Å². The molecule has 2 aromatic carbocycles. The second-order valence-electron chi connectivity index (χ2n) is 6.95. The van der Waals surface area contributed by atoms with Gasteiger partial charge in [0.15, 0.2) is 0 Å². The van der Waals surface area contributed by atoms with Gasteiger partial charge in [0.2, 0.25) is 0 Å². The highest BCUT2D eigenvalue weighted by Gasteiger charge is 2.09. The molecule has 5 nitrogen and oxygen atoms in total. The predicted octanol–water partition coefficient (Wildman–Crippen LogP) is 4.19. The van der Waals surface area contributed by atoms with Gasteiger partial charge in [0.05, 0.1) is 12.1 Å². The van der Waals surface area contributed by atoms with E-state index in [1.165, 1.54) is 0 Å². The molecule has 0 aliphatic rings. The number of carbonyl (C=O) groups is 1. The Morgan fingerprint density at radius 2 is 1.87 bits per heavy atom. The Morgan fingerprint density at radius 3 is 2.67 bits per heavy atom. The molecule has 0 radical (unpaired) electrons. The first-order valence-electron chi connectivity index (χ1n) is 9.99. The number of nitrogens with zero attached hydrogens (tertiary/aromatic N) is 1. The zero-order valence-electron chi connectivity index (χ0n) is 16.8. The van der Waals surface area contributed by atoms with Crippen LogP contribution in [0, 0.1) is 5.82 Å². The van der Waals surface area contributed by atoms with Crippen molar-refractivity contribution in [3.8, 4) is 0 Å². The summed E-state index contributed by atoms with van der Waals surface area (Å²) in [7, 11) is 0. The smallest absolute Gasteiger partial charge is 0.145 e. The number of nitrogens with one attached hydrogen (secondary N) is 1. The standard InChI is InChI=1S/C23H26ClFN2O3/c24-20-4-2-18(3-5-20)17-27-8-6-22-19(14-21(25)15-23(22)27)16-26-7-12-29-10-1-11-30-13-9-28/h2-6,8-9,14-15,26H,1,7,10-13,16-17H2. The Bertz CT molecular complexity index is 944. The van der Waals surface area contributed by atoms with Gasteiger partial charge in [-0.05, 0) is 47.9 Å². The maximum absolute atomic E-state index is 14.2. The van der Waals surface area contributed by atoms with Crippen molar-refractivity contribution in [2.45, 2.75) is 19.5 Å². The number of aromatic nitrogens is 1. The Labute approximate surface area is 180 Å². The minimum absolute atomic E-state index is 0.130. The second-order valence-corrected chi connectivity index (χ2v) is 7.39. The van der Waals surface area contributed by atoms with Gasteiger partial charge in [0, 0.05) is 49.5 Å². The fourth-order valence-electron chi connectivity index (χ4n) is 3.27. The fourth-order valence-corrected chi connectivity index (χ4v) is 3.39. The third-order valence-corrected chi connectivity index (χ3v) is 4.96. The highest BCUT2D eigenvalue weighted by atomic mass is 35.5. The van der Waals surface area contributed by atoms with E-state index in [0.717, 1.165) is 34.7 Å². The van der Waals surface area contributed by atoms with Gasteiger partial charge in [0.25, 0.3) is 0 Å². The normalized spacial score (nSPS) is 11.3. The molecule has 30 heavy (non-hydrogen) atoms. The van der Waals surface area contributed by atoms with Gasteiger partial charge in [-0.15, -0.1) is 0 Å². The molecular formula is C23H26ClFN2O3. The number of halogens is 2. The van der Waals surface area contributed by atoms with E-state index >= 15 is 0 Å². The van der Waals surface area contributed by atoms with E-state index in [2.05, 4.69) is 5.32 Å². The first kappa shape index (κ1) is 22.4. The van der Waals surface area contributed by atoms with Gasteiger partial charge in [-0.3, -0.25) is 0 Å². The lowest BCUT2D eigenvalue weighted by Gasteiger charge is -2.10. The van der Waals surface area contributed by atoms with Crippen molar-refractivity contribution in [3.63, 3.8) is 0 Å². The van der Waals surface area contributed by atoms with Crippen molar-refractivity contribution in [1.29, 1.82) is 0 Å². The zero-order chi connectivity index (χ0) is 21.2. The van der Waals surface area contributed by atoms with Crippen LogP contribution in [-0.2, 0) is 27.4 Å². The predicted molar refractivity (Wildman–Crippen MR) is 116 cm³/mol. The molecule has 0 bridgehead atoms. The number of aldehydes is 1. The van der Waals surface area contributed by atoms with E-state index in [1.54, 1.807) is 12.1 Å². The van der Waals surface area contributed by atoms with Crippen molar-refractivity contribution < 1.29 is 18.7 Å². The van der Waals surface area contributed by atoms with E-state index < -0.39 is 0 Å². The number of rotatable bonds is 13. The quantitative estimate of drug-likeness (QED) is 0.325. The van der Waals surface area contributed by atoms with Crippen LogP contribution in [0.15, 0.2) is 48.7 Å². The van der Waals surface area contributed by atoms with Crippen LogP contribution in [0.5, 0.6) is 0 Å². The number of hydrogen-bond donors (Lipinski definition) is 1. The highest BCUT2D eigenvalue weighted by Crippen LogP contribution is 2.23. The maximum Gasteiger partial charge on any atom is 0.145 e. The van der Waals surface area contributed by atoms with Crippen LogP contribution in [0.4, 0.5) is 4.39 Å². The lowest BCUT2D eigenvalue weighted by molar-refractivity contribution is -0.112. The minimum Gasteiger partial charge on any atom is -0.380 e. The van der Waals surface area contributed by atoms with Crippen molar-refractivity contribution in [2.24, 2.45) is 0 Å². The molecule has 0 atom stereocenters. The molecular weight excluding hydrogens is 407 g/mol. The van der Waals surface area contributed by atoms with E-state index in [9.17, 15) is 9.18 Å². The van der Waals surface area contributed by atoms with E-state index in [-0.39, 0.29) is 12.4 Å². The van der Waals surface area contributed by atoms with Gasteiger partial charge >= 0.3 is 0 Å². The van der Waals surface area contributed by atoms with Crippen molar-refractivity contribution in [3.05, 3.63) is 70.6 Å². The van der Waals surface area contributed by atoms with E-state index in [0.29, 0.717) is 44.5 Å². The molecule has 0 spiro atoms. The number of benzene rings is 2. The van der Waals surface area contributed by atoms with Gasteiger partial charge < -0.3 is 24.2 Å². The number of hydrogen-bond acceptors (Lipinski definition) is 4. The van der Waals surface area contributed by atoms with E-state index in [4.69, 9.17) is 21.1 Å². The molecule has 0 aliphatic heterocycles. The fraction of sp³-hybridized carbons (Fsp3) is 0.348. The highest BCUT2D eigenvalue weighted by molar-refractivity contribution is 6.30. The monoisotopic (exact) mass is 432 g/mol. The largest absolute Gasteiger partial charge is 0.380 e. The van der Waals surface area contributed by atoms with Crippen molar-refractivity contribution >= 4 is 28.8 Å². The molecule has 0 aliphatic carbocycles. The Morgan fingerprint density at radius 1 is 1.07 bits per heavy atom. The summed E-state index contributed by atoms with van der Waals surface area (Å²) in [5.41, 5.74) is 2.89. The second kappa shape index (κ2) is 11.8. The topological polar surface area (TPSA) is 52.5 Å². The van der Waals surface area contributed by atoms with Crippen LogP contribution >= 0.6 is 11.6 Å². The third kappa shape index (κ3) is 6.64. The molecule has 0 saturated carbocycles. The Kier molecular flexibility index (Phi) is 8.83. The first-order chi connectivity index (χ1) is 14.7. The van der Waals surface area contributed by atoms with Crippen LogP contribution in [0.1, 0.15) is 17.5 Å². The van der Waals surface area contributed by atoms with Crippen LogP contribution < -0.4 is 5.32 Å². The molecule has 1 aromatic heterocycles. The average Bonchev–Trinajstić information content (AvgIpc) is 3.13. The summed E-state index contributed by atoms with van der Waals surface area (Å²) in [6.45, 7) is 3.67. The van der Waals surface area contributed by atoms with Gasteiger partial charge in [-0.2, -0.15) is 0 Å². The minimum atomic E-state index is -0.248. The molecule has 3 rings (SSSR count). The molecule has 0 fully saturated rings.